The molecule has 6 heteroatoms. The quantitative estimate of drug-likeness (QED) is 0.652. The van der Waals surface area contributed by atoms with Gasteiger partial charge in [0.15, 0.2) is 17.3 Å². The number of nitrogens with zero attached hydrogens (tertiary/aromatic N) is 3. The standard InChI is InChI=1S/C10H13N5O/c1-5(2)3-6(16)9-14-8(11)7-10(15-9)13-4-12-7/h3-4,6,16H,1-2H3,(H3,11,12,13,14,15). The first-order valence-corrected chi connectivity index (χ1v) is 4.87. The smallest absolute Gasteiger partial charge is 0.165 e. The third-order valence-corrected chi connectivity index (χ3v) is 2.08. The van der Waals surface area contributed by atoms with Gasteiger partial charge in [-0.3, -0.25) is 0 Å². The molecule has 0 saturated carbocycles. The number of allylic oxidation sites excluding steroid dienone is 1. The molecule has 1 atom stereocenters. The van der Waals surface area contributed by atoms with Crippen LogP contribution in [0.2, 0.25) is 0 Å². The third-order valence-electron chi connectivity index (χ3n) is 2.08. The first kappa shape index (κ1) is 10.6. The fourth-order valence-corrected chi connectivity index (χ4v) is 1.40. The highest BCUT2D eigenvalue weighted by Gasteiger charge is 2.12. The van der Waals surface area contributed by atoms with Crippen molar-refractivity contribution in [2.24, 2.45) is 0 Å². The summed E-state index contributed by atoms with van der Waals surface area (Å²) in [4.78, 5) is 15.0. The number of aromatic amines is 1. The molecule has 0 radical (unpaired) electrons. The summed E-state index contributed by atoms with van der Waals surface area (Å²) in [6.07, 6.45) is 2.31. The molecule has 2 aromatic heterocycles. The maximum Gasteiger partial charge on any atom is 0.165 e. The summed E-state index contributed by atoms with van der Waals surface area (Å²) in [5, 5.41) is 9.82. The number of aliphatic hydroxyl groups excluding tert-OH is 1. The molecule has 16 heavy (non-hydrogen) atoms. The first-order chi connectivity index (χ1) is 7.58. The minimum absolute atomic E-state index is 0.266. The molecule has 2 aromatic rings. The molecule has 1 unspecified atom stereocenters. The van der Waals surface area contributed by atoms with E-state index in [1.165, 1.54) is 6.33 Å². The van der Waals surface area contributed by atoms with Gasteiger partial charge in [0.05, 0.1) is 6.33 Å². The summed E-state index contributed by atoms with van der Waals surface area (Å²) < 4.78 is 0. The van der Waals surface area contributed by atoms with Crippen molar-refractivity contribution in [3.8, 4) is 0 Å². The zero-order valence-corrected chi connectivity index (χ0v) is 9.10. The Morgan fingerprint density at radius 2 is 2.25 bits per heavy atom. The van der Waals surface area contributed by atoms with Crippen molar-refractivity contribution in [2.75, 3.05) is 5.73 Å². The number of hydrogen-bond acceptors (Lipinski definition) is 5. The van der Waals surface area contributed by atoms with Crippen molar-refractivity contribution in [3.63, 3.8) is 0 Å². The van der Waals surface area contributed by atoms with E-state index in [9.17, 15) is 5.11 Å². The summed E-state index contributed by atoms with van der Waals surface area (Å²) in [6.45, 7) is 3.78. The monoisotopic (exact) mass is 219 g/mol. The zero-order chi connectivity index (χ0) is 11.7. The fourth-order valence-electron chi connectivity index (χ4n) is 1.40. The molecule has 0 aromatic carbocycles. The van der Waals surface area contributed by atoms with Crippen LogP contribution in [-0.2, 0) is 0 Å². The topological polar surface area (TPSA) is 101 Å². The van der Waals surface area contributed by atoms with Crippen molar-refractivity contribution in [3.05, 3.63) is 23.8 Å². The molecular formula is C10H13N5O. The van der Waals surface area contributed by atoms with Crippen molar-refractivity contribution in [1.82, 2.24) is 19.9 Å². The third kappa shape index (κ3) is 1.87. The molecule has 4 N–H and O–H groups in total. The Bertz CT molecular complexity index is 541. The van der Waals surface area contributed by atoms with Gasteiger partial charge in [0.1, 0.15) is 11.6 Å². The van der Waals surface area contributed by atoms with Crippen LogP contribution in [0, 0.1) is 0 Å². The van der Waals surface area contributed by atoms with Gasteiger partial charge in [-0.1, -0.05) is 5.57 Å². The molecule has 0 fully saturated rings. The maximum atomic E-state index is 9.82. The number of fused-ring (bicyclic) bond motifs is 1. The normalized spacial score (nSPS) is 12.7. The van der Waals surface area contributed by atoms with Crippen LogP contribution in [0.1, 0.15) is 25.8 Å². The van der Waals surface area contributed by atoms with Crippen LogP contribution in [0.25, 0.3) is 11.2 Å². The predicted octanol–water partition coefficient (Wildman–Crippen LogP) is 0.935. The van der Waals surface area contributed by atoms with E-state index in [2.05, 4.69) is 19.9 Å². The summed E-state index contributed by atoms with van der Waals surface area (Å²) >= 11 is 0. The second-order valence-corrected chi connectivity index (χ2v) is 3.76. The number of H-pyrrole nitrogens is 1. The average Bonchev–Trinajstić information content (AvgIpc) is 2.64. The van der Waals surface area contributed by atoms with Crippen molar-refractivity contribution in [2.45, 2.75) is 20.0 Å². The fraction of sp³-hybridized carbons (Fsp3) is 0.300. The second-order valence-electron chi connectivity index (χ2n) is 3.76. The Labute approximate surface area is 92.3 Å². The van der Waals surface area contributed by atoms with Crippen LogP contribution in [0.5, 0.6) is 0 Å². The summed E-state index contributed by atoms with van der Waals surface area (Å²) in [5.41, 5.74) is 7.74. The van der Waals surface area contributed by atoms with Crippen LogP contribution in [-0.4, -0.2) is 25.0 Å². The van der Waals surface area contributed by atoms with Gasteiger partial charge < -0.3 is 15.8 Å². The van der Waals surface area contributed by atoms with Crippen LogP contribution in [0.3, 0.4) is 0 Å². The SMILES string of the molecule is CC(C)=CC(O)c1nc(N)c2nc[nH]c2n1. The Morgan fingerprint density at radius 1 is 1.50 bits per heavy atom. The predicted molar refractivity (Wildman–Crippen MR) is 60.5 cm³/mol. The summed E-state index contributed by atoms with van der Waals surface area (Å²) in [7, 11) is 0. The number of nitrogen functional groups attached to an aromatic ring is 1. The number of anilines is 1. The summed E-state index contributed by atoms with van der Waals surface area (Å²) in [6, 6.07) is 0. The number of aliphatic hydroxyl groups is 1. The van der Waals surface area contributed by atoms with Crippen LogP contribution < -0.4 is 5.73 Å². The Kier molecular flexibility index (Phi) is 2.57. The Balaban J connectivity index is 2.49. The van der Waals surface area contributed by atoms with Gasteiger partial charge in [0, 0.05) is 0 Å². The highest BCUT2D eigenvalue weighted by atomic mass is 16.3. The molecule has 0 bridgehead atoms. The lowest BCUT2D eigenvalue weighted by atomic mass is 10.2. The number of nitrogens with one attached hydrogen (secondary N) is 1. The zero-order valence-electron chi connectivity index (χ0n) is 9.10. The van der Waals surface area contributed by atoms with Gasteiger partial charge in [-0.05, 0) is 19.9 Å². The van der Waals surface area contributed by atoms with E-state index in [-0.39, 0.29) is 11.6 Å². The van der Waals surface area contributed by atoms with E-state index in [0.717, 1.165) is 5.57 Å². The van der Waals surface area contributed by atoms with Crippen molar-refractivity contribution < 1.29 is 5.11 Å². The lowest BCUT2D eigenvalue weighted by molar-refractivity contribution is 0.218. The highest BCUT2D eigenvalue weighted by molar-refractivity contribution is 5.80. The Morgan fingerprint density at radius 3 is 2.94 bits per heavy atom. The largest absolute Gasteiger partial charge is 0.382 e. The van der Waals surface area contributed by atoms with Crippen LogP contribution >= 0.6 is 0 Å². The molecule has 0 spiro atoms. The van der Waals surface area contributed by atoms with Crippen LogP contribution in [0.15, 0.2) is 18.0 Å². The van der Waals surface area contributed by atoms with Gasteiger partial charge in [-0.2, -0.15) is 0 Å². The lowest BCUT2D eigenvalue weighted by Crippen LogP contribution is -2.05. The van der Waals surface area contributed by atoms with Gasteiger partial charge in [0.2, 0.25) is 0 Å². The minimum Gasteiger partial charge on any atom is -0.382 e. The Hall–Kier alpha value is -1.95. The molecule has 0 amide bonds. The number of rotatable bonds is 2. The van der Waals surface area contributed by atoms with E-state index in [4.69, 9.17) is 5.73 Å². The molecule has 0 aliphatic rings. The van der Waals surface area contributed by atoms with Gasteiger partial charge >= 0.3 is 0 Å². The molecule has 0 saturated heterocycles. The van der Waals surface area contributed by atoms with Crippen molar-refractivity contribution in [1.29, 1.82) is 0 Å². The van der Waals surface area contributed by atoms with Crippen LogP contribution in [0.4, 0.5) is 5.82 Å². The van der Waals surface area contributed by atoms with E-state index < -0.39 is 6.10 Å². The highest BCUT2D eigenvalue weighted by Crippen LogP contribution is 2.18. The van der Waals surface area contributed by atoms with E-state index in [0.29, 0.717) is 11.2 Å². The van der Waals surface area contributed by atoms with E-state index >= 15 is 0 Å². The number of nitrogens with two attached hydrogens (primary N) is 1. The average molecular weight is 219 g/mol. The second kappa shape index (κ2) is 3.90. The number of imidazole rings is 1. The minimum atomic E-state index is -0.847. The van der Waals surface area contributed by atoms with Crippen molar-refractivity contribution >= 4 is 17.0 Å². The molecule has 0 aliphatic heterocycles. The van der Waals surface area contributed by atoms with E-state index in [1.807, 2.05) is 13.8 Å². The number of hydrogen-bond donors (Lipinski definition) is 3. The molecule has 2 heterocycles. The molecule has 0 aliphatic carbocycles. The maximum absolute atomic E-state index is 9.82. The molecule has 2 rings (SSSR count). The summed E-state index contributed by atoms with van der Waals surface area (Å²) in [5.74, 6) is 0.540. The van der Waals surface area contributed by atoms with Gasteiger partial charge in [-0.25, -0.2) is 15.0 Å². The van der Waals surface area contributed by atoms with E-state index in [1.54, 1.807) is 6.08 Å². The lowest BCUT2D eigenvalue weighted by Gasteiger charge is -2.05. The first-order valence-electron chi connectivity index (χ1n) is 4.87. The molecule has 84 valence electrons. The number of aromatic nitrogens is 4. The van der Waals surface area contributed by atoms with Gasteiger partial charge in [-0.15, -0.1) is 0 Å². The molecular weight excluding hydrogens is 206 g/mol. The van der Waals surface area contributed by atoms with Gasteiger partial charge in [0.25, 0.3) is 0 Å². The molecule has 6 nitrogen and oxygen atoms in total.